The Hall–Kier alpha value is 0. The van der Waals surface area contributed by atoms with Crippen LogP contribution in [-0.2, 0) is 0 Å². The molecule has 5 atom stereocenters. The SMILES string of the molecule is CC1C2CCC(CC2)[C@H]1C.CC1CCC2(CC1)CC(C)(C)CC(C)(C)C2.CC1CCC2(CC1)CCC(C)(C)CC2.CC1CCC2(CCCCC2)CC1.CCC1(C)CC(C)(C)C(C)(C)C1.CCC12CC3CC(CC(C3)C1)C2.CCC1CC(C)(C)C(C)(C)C1.C[C@@H]1C2CCC(CC2)C1(C)C.C[C@H]1CC2CCC1(C)CC2.C[C@H]1CC2CCC1CC2. The van der Waals surface area contributed by atoms with E-state index in [4.69, 9.17) is 0 Å². The second-order valence-electron chi connectivity index (χ2n) is 56.5. The van der Waals surface area contributed by atoms with Crippen molar-refractivity contribution in [2.24, 2.45) is 188 Å². The van der Waals surface area contributed by atoms with Crippen LogP contribution in [0.25, 0.3) is 0 Å². The highest BCUT2D eigenvalue weighted by Crippen LogP contribution is 2.65. The predicted molar refractivity (Wildman–Crippen MR) is 519 cm³/mol. The summed E-state index contributed by atoms with van der Waals surface area (Å²) in [4.78, 5) is 0. The van der Waals surface area contributed by atoms with Crippen LogP contribution >= 0.6 is 0 Å². The van der Waals surface area contributed by atoms with Crippen molar-refractivity contribution < 1.29 is 0 Å². The molecule has 0 radical (unpaired) electrons. The van der Waals surface area contributed by atoms with Gasteiger partial charge in [-0.25, -0.2) is 0 Å². The second-order valence-corrected chi connectivity index (χ2v) is 56.5. The summed E-state index contributed by atoms with van der Waals surface area (Å²) in [5, 5.41) is 0. The van der Waals surface area contributed by atoms with Crippen molar-refractivity contribution in [2.75, 3.05) is 0 Å². The molecule has 0 aliphatic heterocycles. The molecule has 0 aromatic heterocycles. The maximum Gasteiger partial charge on any atom is -0.0287 e. The fraction of sp³-hybridized carbons (Fsp3) is 1.00. The average Bonchev–Trinajstić information content (AvgIpc) is 1.72. The van der Waals surface area contributed by atoms with E-state index in [1.165, 1.54) is 257 Å². The lowest BCUT2D eigenvalue weighted by molar-refractivity contribution is -0.0545. The molecule has 24 aliphatic rings. The number of hydrogen-bond acceptors (Lipinski definition) is 0. The lowest BCUT2D eigenvalue weighted by Crippen LogP contribution is -2.45. The van der Waals surface area contributed by atoms with Gasteiger partial charge < -0.3 is 0 Å². The first-order valence-electron chi connectivity index (χ1n) is 54.4. The van der Waals surface area contributed by atoms with Gasteiger partial charge in [-0.2, -0.15) is 0 Å². The van der Waals surface area contributed by atoms with Crippen molar-refractivity contribution in [3.8, 4) is 0 Å². The van der Waals surface area contributed by atoms with E-state index in [0.717, 1.165) is 134 Å². The zero-order chi connectivity index (χ0) is 85.9. The third kappa shape index (κ3) is 26.0. The Bertz CT molecular complexity index is 2750. The molecule has 117 heavy (non-hydrogen) atoms. The summed E-state index contributed by atoms with van der Waals surface area (Å²) in [5.74, 6) is 20.2. The van der Waals surface area contributed by atoms with E-state index in [9.17, 15) is 0 Å². The summed E-state index contributed by atoms with van der Waals surface area (Å²) in [7, 11) is 0. The van der Waals surface area contributed by atoms with Gasteiger partial charge in [0.05, 0.1) is 0 Å². The molecule has 0 nitrogen and oxygen atoms in total. The maximum absolute atomic E-state index is 2.49. The third-order valence-corrected chi connectivity index (χ3v) is 44.0. The summed E-state index contributed by atoms with van der Waals surface area (Å²) >= 11 is 0. The van der Waals surface area contributed by atoms with Crippen LogP contribution in [0.2, 0.25) is 0 Å². The summed E-state index contributed by atoms with van der Waals surface area (Å²) in [6, 6.07) is 0. The van der Waals surface area contributed by atoms with E-state index < -0.39 is 0 Å². The monoisotopic (exact) mass is 1620 g/mol. The Balaban J connectivity index is 0.000000138. The first-order valence-corrected chi connectivity index (χ1v) is 54.4. The molecule has 12 bridgehead atoms. The molecule has 0 heterocycles. The molecular formula is C117H216. The molecule has 24 saturated carbocycles. The van der Waals surface area contributed by atoms with Crippen LogP contribution in [0.15, 0.2) is 0 Å². The van der Waals surface area contributed by atoms with Gasteiger partial charge in [-0.05, 0) is 452 Å². The number of fused-ring (bicyclic) bond motifs is 12. The smallest absolute Gasteiger partial charge is 0.0287 e. The van der Waals surface area contributed by atoms with Crippen molar-refractivity contribution >= 4 is 0 Å². The third-order valence-electron chi connectivity index (χ3n) is 44.0. The van der Waals surface area contributed by atoms with Crippen molar-refractivity contribution in [1.29, 1.82) is 0 Å². The summed E-state index contributed by atoms with van der Waals surface area (Å²) in [6.07, 6.45) is 83.1. The van der Waals surface area contributed by atoms with Gasteiger partial charge in [0.15, 0.2) is 0 Å². The quantitative estimate of drug-likeness (QED) is 0.264. The molecule has 0 heteroatoms. The standard InChI is InChI=1S/C16H30.C14H26.C12H20.C12H22.C12H24.C11H20.C11H22.2C10H18.C9H16/c1-13-6-8-16(9-7-13)11-14(2,3)10-15(4,5)12-16;1-12-4-6-14(7-5-12)10-8-13(2,3)9-11-14;1-2-12-6-9-3-10(7-12)5-11(4-9)8-12;1-11-5-9-12(10-6-11)7-3-2-4-8-12;1-7-12(6)8-10(2,3)11(4,5)9-12;1-8-9-4-6-10(7-5-9)11(8,2)3;1-6-9-7-10(2,3)11(4,5)8-9;1-8-7-9-3-5-10(8,2)6-4-9;1-7-8(2)10-5-3-9(7)4-6-10;1-7-6-8-2-4-9(7)5-3-8/h13H,6-12H2,1-5H3;12H,4-11H2,1-3H3;9-11H,2-8H2,1H3;11H,2-10H2,1H3;7-9H2,1-6H3;8-10H,4-7H2,1-3H3;9H,6-8H2,1-5H3;8-9H,3-7H2,1-2H3;7-10H,3-6H2,1-2H3;7-9H,2-6H2,1H3/t;;;;;8-,9?,10?;;8-,9?,10?;7-,8?,9?,10?;7-,8?,9?/m.....1.000/s1. The molecule has 24 fully saturated rings. The van der Waals surface area contributed by atoms with Crippen LogP contribution < -0.4 is 0 Å². The van der Waals surface area contributed by atoms with E-state index in [0.29, 0.717) is 54.1 Å². The van der Waals surface area contributed by atoms with Gasteiger partial charge in [-0.1, -0.05) is 291 Å². The van der Waals surface area contributed by atoms with Crippen molar-refractivity contribution in [3.05, 3.63) is 0 Å². The highest BCUT2D eigenvalue weighted by atomic mass is 14.6. The van der Waals surface area contributed by atoms with Crippen LogP contribution in [0.4, 0.5) is 0 Å². The minimum Gasteiger partial charge on any atom is -0.0651 e. The zero-order valence-electron chi connectivity index (χ0n) is 85.9. The second kappa shape index (κ2) is 39.9. The molecule has 0 aromatic rings. The lowest BCUT2D eigenvalue weighted by atomic mass is 9.49. The van der Waals surface area contributed by atoms with Crippen LogP contribution in [0.5, 0.6) is 0 Å². The van der Waals surface area contributed by atoms with Gasteiger partial charge in [-0.3, -0.25) is 0 Å². The molecule has 0 saturated heterocycles. The number of rotatable bonds is 3. The van der Waals surface area contributed by atoms with E-state index in [2.05, 4.69) is 201 Å². The van der Waals surface area contributed by atoms with Crippen molar-refractivity contribution in [2.45, 2.75) is 554 Å². The molecule has 24 rings (SSSR count). The predicted octanol–water partition coefficient (Wildman–Crippen LogP) is 38.7. The van der Waals surface area contributed by atoms with Gasteiger partial charge in [0, 0.05) is 0 Å². The minimum absolute atomic E-state index is 0.526. The van der Waals surface area contributed by atoms with E-state index in [-0.39, 0.29) is 0 Å². The first kappa shape index (κ1) is 99.2. The maximum atomic E-state index is 2.49. The van der Waals surface area contributed by atoms with Gasteiger partial charge in [0.1, 0.15) is 0 Å². The first-order chi connectivity index (χ1) is 54.4. The highest BCUT2D eigenvalue weighted by molar-refractivity contribution is 5.05. The summed E-state index contributed by atoms with van der Waals surface area (Å²) < 4.78 is 0. The summed E-state index contributed by atoms with van der Waals surface area (Å²) in [6.45, 7) is 70.8. The molecule has 0 N–H and O–H groups in total. The van der Waals surface area contributed by atoms with E-state index >= 15 is 0 Å². The largest absolute Gasteiger partial charge is 0.0651 e. The topological polar surface area (TPSA) is 0 Å². The highest BCUT2D eigenvalue weighted by Gasteiger charge is 2.54. The molecular weight excluding hydrogens is 1410 g/mol. The number of hydrogen-bond donors (Lipinski definition) is 0. The molecule has 3 spiro atoms. The Labute approximate surface area is 737 Å². The molecule has 1 unspecified atom stereocenters. The normalized spacial score (nSPS) is 41.0. The van der Waals surface area contributed by atoms with Crippen LogP contribution in [0.1, 0.15) is 554 Å². The Morgan fingerprint density at radius 1 is 0.274 bits per heavy atom. The van der Waals surface area contributed by atoms with Crippen molar-refractivity contribution in [3.63, 3.8) is 0 Å². The fourth-order valence-corrected chi connectivity index (χ4v) is 33.7. The van der Waals surface area contributed by atoms with Crippen LogP contribution in [0.3, 0.4) is 0 Å². The molecule has 24 aliphatic carbocycles. The fourth-order valence-electron chi connectivity index (χ4n) is 33.7. The van der Waals surface area contributed by atoms with Crippen LogP contribution in [-0.4, -0.2) is 0 Å². The Kier molecular flexibility index (Phi) is 33.8. The van der Waals surface area contributed by atoms with E-state index in [1.807, 2.05) is 0 Å². The Morgan fingerprint density at radius 2 is 0.658 bits per heavy atom. The molecule has 0 aromatic carbocycles. The van der Waals surface area contributed by atoms with E-state index in [1.54, 1.807) is 96.3 Å². The van der Waals surface area contributed by atoms with Gasteiger partial charge >= 0.3 is 0 Å². The van der Waals surface area contributed by atoms with Crippen LogP contribution in [0, 0.1) is 188 Å². The minimum atomic E-state index is 0.526. The average molecular weight is 1620 g/mol. The molecule has 684 valence electrons. The molecule has 0 amide bonds. The van der Waals surface area contributed by atoms with Gasteiger partial charge in [-0.15, -0.1) is 0 Å². The van der Waals surface area contributed by atoms with Gasteiger partial charge in [0.25, 0.3) is 0 Å². The van der Waals surface area contributed by atoms with Gasteiger partial charge in [0.2, 0.25) is 0 Å². The summed E-state index contributed by atoms with van der Waals surface area (Å²) in [5.41, 5.74) is 9.15. The zero-order valence-corrected chi connectivity index (χ0v) is 85.9. The van der Waals surface area contributed by atoms with Crippen molar-refractivity contribution in [1.82, 2.24) is 0 Å². The Morgan fingerprint density at radius 3 is 0.949 bits per heavy atom. The lowest BCUT2D eigenvalue weighted by Gasteiger charge is -2.56.